The lowest BCUT2D eigenvalue weighted by atomic mass is 9.98. The monoisotopic (exact) mass is 478 g/mol. The highest BCUT2D eigenvalue weighted by molar-refractivity contribution is 7.86. The van der Waals surface area contributed by atoms with Crippen molar-refractivity contribution in [3.8, 4) is 0 Å². The zero-order valence-corrected chi connectivity index (χ0v) is 18.1. The van der Waals surface area contributed by atoms with Crippen LogP contribution in [0.15, 0.2) is 42.5 Å². The van der Waals surface area contributed by atoms with Crippen LogP contribution in [0, 0.1) is 0 Å². The van der Waals surface area contributed by atoms with Crippen LogP contribution in [-0.2, 0) is 36.3 Å². The summed E-state index contributed by atoms with van der Waals surface area (Å²) in [6.07, 6.45) is 0.0748. The summed E-state index contributed by atoms with van der Waals surface area (Å²) in [5.41, 5.74) is 1.04. The van der Waals surface area contributed by atoms with Crippen molar-refractivity contribution in [3.05, 3.63) is 48.0 Å². The van der Waals surface area contributed by atoms with Crippen LogP contribution < -0.4 is 5.32 Å². The summed E-state index contributed by atoms with van der Waals surface area (Å²) in [6, 6.07) is 6.88. The Morgan fingerprint density at radius 3 is 2.55 bits per heavy atom. The fourth-order valence-corrected chi connectivity index (χ4v) is 5.06. The number of halogens is 3. The Morgan fingerprint density at radius 1 is 1.28 bits per heavy atom. The molecule has 2 saturated heterocycles. The molecule has 11 heteroatoms. The standard InChI is InChI=1S/C18H17Cl3N2O5S/c1-10-8-29(27)16-13(22-12(24)7-11-5-3-2-4-6-11)15(25)23(16)14(10)17(26)28-9-18(19,20)21/h2-6,13-14,16H,1,7-9H2,(H,22,24)/t13?,14?,16-,29?/m0/s1. The molecule has 1 N–H and O–H groups in total. The van der Waals surface area contributed by atoms with E-state index >= 15 is 0 Å². The normalized spacial score (nSPS) is 26.4. The molecule has 1 aromatic rings. The van der Waals surface area contributed by atoms with E-state index in [4.69, 9.17) is 39.5 Å². The van der Waals surface area contributed by atoms with Gasteiger partial charge in [0.2, 0.25) is 15.6 Å². The number of alkyl halides is 3. The van der Waals surface area contributed by atoms with Crippen LogP contribution in [-0.4, -0.2) is 60.5 Å². The number of β-lactam (4-membered cyclic amide) rings is 1. The zero-order chi connectivity index (χ0) is 21.3. The van der Waals surface area contributed by atoms with E-state index in [0.717, 1.165) is 10.5 Å². The molecule has 0 radical (unpaired) electrons. The predicted molar refractivity (Wildman–Crippen MR) is 110 cm³/mol. The summed E-state index contributed by atoms with van der Waals surface area (Å²) < 4.78 is 15.7. The third-order valence-corrected chi connectivity index (χ3v) is 6.49. The Balaban J connectivity index is 1.68. The van der Waals surface area contributed by atoms with Gasteiger partial charge in [0.05, 0.1) is 17.2 Å². The Morgan fingerprint density at radius 2 is 1.93 bits per heavy atom. The van der Waals surface area contributed by atoms with Gasteiger partial charge in [-0.05, 0) is 11.1 Å². The zero-order valence-electron chi connectivity index (χ0n) is 15.0. The summed E-state index contributed by atoms with van der Waals surface area (Å²) in [5.74, 6) is -1.76. The molecule has 3 rings (SSSR count). The maximum atomic E-state index is 12.6. The second kappa shape index (κ2) is 8.63. The molecule has 0 aromatic heterocycles. The minimum absolute atomic E-state index is 0.00691. The van der Waals surface area contributed by atoms with E-state index in [1.54, 1.807) is 24.3 Å². The molecule has 2 amide bonds. The first-order valence-electron chi connectivity index (χ1n) is 8.52. The third kappa shape index (κ3) is 4.94. The minimum atomic E-state index is -1.80. The van der Waals surface area contributed by atoms with Gasteiger partial charge in [-0.2, -0.15) is 0 Å². The van der Waals surface area contributed by atoms with Crippen LogP contribution in [0.4, 0.5) is 0 Å². The van der Waals surface area contributed by atoms with Crippen molar-refractivity contribution in [2.75, 3.05) is 12.4 Å². The van der Waals surface area contributed by atoms with Gasteiger partial charge in [0.1, 0.15) is 18.0 Å². The van der Waals surface area contributed by atoms with Gasteiger partial charge in [0.25, 0.3) is 0 Å². The predicted octanol–water partition coefficient (Wildman–Crippen LogP) is 1.48. The topological polar surface area (TPSA) is 92.8 Å². The molecule has 0 spiro atoms. The van der Waals surface area contributed by atoms with Gasteiger partial charge in [-0.3, -0.25) is 13.8 Å². The van der Waals surface area contributed by atoms with E-state index in [9.17, 15) is 18.6 Å². The van der Waals surface area contributed by atoms with Gasteiger partial charge >= 0.3 is 5.97 Å². The number of nitrogens with one attached hydrogen (secondary N) is 1. The second-order valence-electron chi connectivity index (χ2n) is 6.65. The fraction of sp³-hybridized carbons (Fsp3) is 0.389. The van der Waals surface area contributed by atoms with Crippen LogP contribution >= 0.6 is 34.8 Å². The summed E-state index contributed by atoms with van der Waals surface area (Å²) in [6.45, 7) is 3.23. The van der Waals surface area contributed by atoms with Gasteiger partial charge in [0, 0.05) is 5.75 Å². The molecule has 0 saturated carbocycles. The lowest BCUT2D eigenvalue weighted by Gasteiger charge is -2.52. The molecule has 4 atom stereocenters. The van der Waals surface area contributed by atoms with Crippen LogP contribution in [0.3, 0.4) is 0 Å². The first-order chi connectivity index (χ1) is 13.6. The molecule has 7 nitrogen and oxygen atoms in total. The van der Waals surface area contributed by atoms with Crippen molar-refractivity contribution < 1.29 is 23.3 Å². The number of fused-ring (bicyclic) bond motifs is 1. The summed E-state index contributed by atoms with van der Waals surface area (Å²) >= 11 is 16.8. The average molecular weight is 480 g/mol. The van der Waals surface area contributed by atoms with Crippen molar-refractivity contribution in [2.24, 2.45) is 0 Å². The Labute approximate surface area is 184 Å². The van der Waals surface area contributed by atoms with Gasteiger partial charge in [-0.25, -0.2) is 4.79 Å². The number of ether oxygens (including phenoxy) is 1. The third-order valence-electron chi connectivity index (χ3n) is 4.47. The number of carbonyl (C=O) groups is 3. The van der Waals surface area contributed by atoms with Crippen molar-refractivity contribution in [1.82, 2.24) is 10.2 Å². The molecule has 3 unspecified atom stereocenters. The Bertz CT molecular complexity index is 874. The number of nitrogens with zero attached hydrogens (tertiary/aromatic N) is 1. The van der Waals surface area contributed by atoms with E-state index in [1.807, 2.05) is 6.07 Å². The van der Waals surface area contributed by atoms with Gasteiger partial charge < -0.3 is 15.0 Å². The molecule has 1 aromatic carbocycles. The van der Waals surface area contributed by atoms with Crippen molar-refractivity contribution in [3.63, 3.8) is 0 Å². The molecular formula is C18H17Cl3N2O5S. The van der Waals surface area contributed by atoms with E-state index in [-0.39, 0.29) is 23.7 Å². The number of amides is 2. The maximum absolute atomic E-state index is 12.6. The van der Waals surface area contributed by atoms with Gasteiger partial charge in [-0.1, -0.05) is 71.7 Å². The van der Waals surface area contributed by atoms with E-state index < -0.39 is 50.5 Å². The van der Waals surface area contributed by atoms with Gasteiger partial charge in [-0.15, -0.1) is 0 Å². The SMILES string of the molecule is C=C1CS(=O)[C@H]2C(NC(=O)Cc3ccccc3)C(=O)N2C1C(=O)OCC(Cl)(Cl)Cl. The molecule has 0 bridgehead atoms. The molecule has 0 aliphatic carbocycles. The van der Waals surface area contributed by atoms with Gasteiger partial charge in [0.15, 0.2) is 6.04 Å². The minimum Gasteiger partial charge on any atom is -0.459 e. The lowest BCUT2D eigenvalue weighted by Crippen LogP contribution is -2.77. The average Bonchev–Trinajstić information content (AvgIpc) is 2.64. The highest BCUT2D eigenvalue weighted by atomic mass is 35.6. The first kappa shape index (κ1) is 22.1. The second-order valence-corrected chi connectivity index (χ2v) is 10.7. The lowest BCUT2D eigenvalue weighted by molar-refractivity contribution is -0.163. The smallest absolute Gasteiger partial charge is 0.333 e. The molecule has 2 aliphatic rings. The molecule has 156 valence electrons. The number of esters is 1. The Kier molecular flexibility index (Phi) is 6.57. The van der Waals surface area contributed by atoms with Crippen LogP contribution in [0.1, 0.15) is 5.56 Å². The van der Waals surface area contributed by atoms with Crippen LogP contribution in [0.25, 0.3) is 0 Å². The van der Waals surface area contributed by atoms with Crippen molar-refractivity contribution >= 4 is 63.4 Å². The summed E-state index contributed by atoms with van der Waals surface area (Å²) in [7, 11) is -1.53. The van der Waals surface area contributed by atoms with Crippen LogP contribution in [0.2, 0.25) is 0 Å². The summed E-state index contributed by atoms with van der Waals surface area (Å²) in [5, 5.41) is 1.76. The molecule has 2 fully saturated rings. The quantitative estimate of drug-likeness (QED) is 0.299. The van der Waals surface area contributed by atoms with Crippen molar-refractivity contribution in [1.29, 1.82) is 0 Å². The fourth-order valence-electron chi connectivity index (χ4n) is 3.23. The number of hydrogen-bond donors (Lipinski definition) is 1. The molecular weight excluding hydrogens is 463 g/mol. The van der Waals surface area contributed by atoms with E-state index in [1.165, 1.54) is 0 Å². The molecule has 2 aliphatic heterocycles. The van der Waals surface area contributed by atoms with E-state index in [0.29, 0.717) is 0 Å². The maximum Gasteiger partial charge on any atom is 0.333 e. The molecule has 29 heavy (non-hydrogen) atoms. The number of rotatable bonds is 5. The van der Waals surface area contributed by atoms with Crippen LogP contribution in [0.5, 0.6) is 0 Å². The van der Waals surface area contributed by atoms with Crippen molar-refractivity contribution in [2.45, 2.75) is 27.7 Å². The number of benzene rings is 1. The van der Waals surface area contributed by atoms with E-state index in [2.05, 4.69) is 11.9 Å². The molecule has 2 heterocycles. The first-order valence-corrected chi connectivity index (χ1v) is 11.0. The highest BCUT2D eigenvalue weighted by Crippen LogP contribution is 2.35. The number of hydrogen-bond acceptors (Lipinski definition) is 5. The summed E-state index contributed by atoms with van der Waals surface area (Å²) in [4.78, 5) is 38.5. The highest BCUT2D eigenvalue weighted by Gasteiger charge is 2.59. The Hall–Kier alpha value is -1.61. The number of carbonyl (C=O) groups excluding carboxylic acids is 3. The largest absolute Gasteiger partial charge is 0.459 e.